The number of anilines is 1. The Bertz CT molecular complexity index is 730. The van der Waals surface area contributed by atoms with Crippen molar-refractivity contribution in [3.63, 3.8) is 0 Å². The van der Waals surface area contributed by atoms with Gasteiger partial charge in [0.05, 0.1) is 0 Å². The molecule has 1 N–H and O–H groups in total. The number of aromatic nitrogens is 1. The molecule has 5 nitrogen and oxygen atoms in total. The lowest BCUT2D eigenvalue weighted by molar-refractivity contribution is -0.698. The van der Waals surface area contributed by atoms with Gasteiger partial charge in [-0.1, -0.05) is 17.7 Å². The minimum Gasteiger partial charge on any atom is -0.324 e. The Morgan fingerprint density at radius 1 is 1.27 bits per heavy atom. The summed E-state index contributed by atoms with van der Waals surface area (Å²) in [4.78, 5) is 26.2. The molecule has 1 aromatic carbocycles. The van der Waals surface area contributed by atoms with Gasteiger partial charge < -0.3 is 10.2 Å². The first-order chi connectivity index (χ1) is 10.6. The van der Waals surface area contributed by atoms with E-state index in [2.05, 4.69) is 5.32 Å². The monoisotopic (exact) mass is 316 g/mol. The second kappa shape index (κ2) is 5.77. The third-order valence-corrected chi connectivity index (χ3v) is 3.95. The van der Waals surface area contributed by atoms with E-state index in [1.165, 1.54) is 4.90 Å². The van der Waals surface area contributed by atoms with Crippen molar-refractivity contribution in [2.45, 2.75) is 12.6 Å². The standard InChI is InChI=1S/C16H14ClN3O2/c1-19-14(21)10-20-9-3-2-4-13(20)15(19)16(22)18-12-7-5-11(17)6-8-12/h2-9,15H,10H2,1H3/p+1/t15-/m0/s1. The van der Waals surface area contributed by atoms with Crippen LogP contribution in [0.3, 0.4) is 0 Å². The van der Waals surface area contributed by atoms with Crippen LogP contribution in [0.1, 0.15) is 11.7 Å². The number of nitrogens with zero attached hydrogens (tertiary/aromatic N) is 2. The quantitative estimate of drug-likeness (QED) is 0.859. The number of carbonyl (C=O) groups is 2. The minimum atomic E-state index is -0.655. The first kappa shape index (κ1) is 14.5. The van der Waals surface area contributed by atoms with Crippen molar-refractivity contribution in [3.8, 4) is 0 Å². The summed E-state index contributed by atoms with van der Waals surface area (Å²) in [5.41, 5.74) is 1.43. The first-order valence-electron chi connectivity index (χ1n) is 6.87. The lowest BCUT2D eigenvalue weighted by atomic mass is 10.1. The third kappa shape index (κ3) is 2.67. The number of likely N-dealkylation sites (N-methyl/N-ethyl adjacent to an activating group) is 1. The molecule has 2 amide bonds. The molecule has 3 rings (SSSR count). The van der Waals surface area contributed by atoms with Gasteiger partial charge in [-0.05, 0) is 24.3 Å². The molecule has 0 aliphatic carbocycles. The van der Waals surface area contributed by atoms with Crippen molar-refractivity contribution in [1.82, 2.24) is 4.90 Å². The number of pyridine rings is 1. The molecule has 1 aliphatic heterocycles. The summed E-state index contributed by atoms with van der Waals surface area (Å²) in [6.45, 7) is 0.247. The molecule has 1 aliphatic rings. The lowest BCUT2D eigenvalue weighted by Crippen LogP contribution is -2.57. The maximum Gasteiger partial charge on any atom is 0.289 e. The average Bonchev–Trinajstić information content (AvgIpc) is 2.50. The van der Waals surface area contributed by atoms with E-state index >= 15 is 0 Å². The highest BCUT2D eigenvalue weighted by molar-refractivity contribution is 6.30. The van der Waals surface area contributed by atoms with Crippen molar-refractivity contribution in [2.75, 3.05) is 12.4 Å². The molecule has 0 fully saturated rings. The number of nitrogens with one attached hydrogen (secondary N) is 1. The van der Waals surface area contributed by atoms with Crippen molar-refractivity contribution >= 4 is 29.1 Å². The zero-order valence-corrected chi connectivity index (χ0v) is 12.7. The van der Waals surface area contributed by atoms with Crippen molar-refractivity contribution in [3.05, 3.63) is 59.4 Å². The molecule has 22 heavy (non-hydrogen) atoms. The summed E-state index contributed by atoms with van der Waals surface area (Å²) in [5, 5.41) is 3.43. The second-order valence-corrected chi connectivity index (χ2v) is 5.59. The first-order valence-corrected chi connectivity index (χ1v) is 7.24. The Hall–Kier alpha value is -2.40. The van der Waals surface area contributed by atoms with E-state index in [0.717, 1.165) is 5.69 Å². The van der Waals surface area contributed by atoms with E-state index in [9.17, 15) is 9.59 Å². The van der Waals surface area contributed by atoms with Crippen LogP contribution in [-0.2, 0) is 16.1 Å². The molecule has 0 spiro atoms. The van der Waals surface area contributed by atoms with Crippen LogP contribution in [-0.4, -0.2) is 23.8 Å². The molecule has 1 atom stereocenters. The zero-order chi connectivity index (χ0) is 15.7. The highest BCUT2D eigenvalue weighted by atomic mass is 35.5. The molecule has 0 unspecified atom stereocenters. The second-order valence-electron chi connectivity index (χ2n) is 5.16. The van der Waals surface area contributed by atoms with Gasteiger partial charge in [0, 0.05) is 29.9 Å². The molecule has 112 valence electrons. The summed E-state index contributed by atoms with van der Waals surface area (Å²) in [5.74, 6) is -0.349. The van der Waals surface area contributed by atoms with Crippen LogP contribution >= 0.6 is 11.6 Å². The molecular weight excluding hydrogens is 302 g/mol. The molecular formula is C16H15ClN3O2+. The fourth-order valence-corrected chi connectivity index (χ4v) is 2.66. The van der Waals surface area contributed by atoms with Crippen molar-refractivity contribution in [2.24, 2.45) is 0 Å². The summed E-state index contributed by atoms with van der Waals surface area (Å²) in [6.07, 6.45) is 1.81. The van der Waals surface area contributed by atoms with Gasteiger partial charge in [0.15, 0.2) is 12.2 Å². The van der Waals surface area contributed by atoms with Crippen molar-refractivity contribution in [1.29, 1.82) is 0 Å². The maximum atomic E-state index is 12.6. The smallest absolute Gasteiger partial charge is 0.289 e. The Morgan fingerprint density at radius 3 is 2.73 bits per heavy atom. The number of fused-ring (bicyclic) bond motifs is 1. The van der Waals surface area contributed by atoms with Gasteiger partial charge in [-0.15, -0.1) is 0 Å². The van der Waals surface area contributed by atoms with E-state index in [0.29, 0.717) is 10.7 Å². The van der Waals surface area contributed by atoms with Gasteiger partial charge >= 0.3 is 0 Å². The SMILES string of the molecule is CN1C(=O)C[n+]2ccccc2[C@H]1C(=O)Nc1ccc(Cl)cc1. The number of amides is 2. The zero-order valence-electron chi connectivity index (χ0n) is 12.0. The topological polar surface area (TPSA) is 53.3 Å². The van der Waals surface area contributed by atoms with E-state index in [4.69, 9.17) is 11.6 Å². The molecule has 0 bridgehead atoms. The third-order valence-electron chi connectivity index (χ3n) is 3.70. The Morgan fingerprint density at radius 2 is 2.00 bits per heavy atom. The minimum absolute atomic E-state index is 0.0973. The fourth-order valence-electron chi connectivity index (χ4n) is 2.54. The summed E-state index contributed by atoms with van der Waals surface area (Å²) in [7, 11) is 1.64. The number of hydrogen-bond donors (Lipinski definition) is 1. The van der Waals surface area contributed by atoms with Gasteiger partial charge in [0.1, 0.15) is 0 Å². The molecule has 2 heterocycles. The van der Waals surface area contributed by atoms with Gasteiger partial charge in [-0.25, -0.2) is 0 Å². The van der Waals surface area contributed by atoms with Crippen LogP contribution in [0.5, 0.6) is 0 Å². The van der Waals surface area contributed by atoms with Crippen LogP contribution < -0.4 is 9.88 Å². The molecule has 2 aromatic rings. The number of rotatable bonds is 2. The number of benzene rings is 1. The fraction of sp³-hybridized carbons (Fsp3) is 0.188. The van der Waals surface area contributed by atoms with E-state index in [-0.39, 0.29) is 18.4 Å². The average molecular weight is 317 g/mol. The Kier molecular flexibility index (Phi) is 3.81. The van der Waals surface area contributed by atoms with Gasteiger partial charge in [0.25, 0.3) is 11.8 Å². The summed E-state index contributed by atoms with van der Waals surface area (Å²) in [6, 6.07) is 11.8. The van der Waals surface area contributed by atoms with Crippen LogP contribution in [0, 0.1) is 0 Å². The summed E-state index contributed by atoms with van der Waals surface area (Å²) >= 11 is 5.84. The molecule has 6 heteroatoms. The van der Waals surface area contributed by atoms with Crippen LogP contribution in [0.2, 0.25) is 5.02 Å². The molecule has 0 saturated carbocycles. The maximum absolute atomic E-state index is 12.6. The van der Waals surface area contributed by atoms with Crippen LogP contribution in [0.15, 0.2) is 48.7 Å². The largest absolute Gasteiger partial charge is 0.324 e. The predicted molar refractivity (Wildman–Crippen MR) is 82.2 cm³/mol. The normalized spacial score (nSPS) is 17.1. The predicted octanol–water partition coefficient (Wildman–Crippen LogP) is 1.78. The highest BCUT2D eigenvalue weighted by Crippen LogP contribution is 2.22. The molecule has 1 aromatic heterocycles. The van der Waals surface area contributed by atoms with E-state index in [1.54, 1.807) is 35.9 Å². The number of halogens is 1. The highest BCUT2D eigenvalue weighted by Gasteiger charge is 2.40. The number of carbonyl (C=O) groups excluding carboxylic acids is 2. The van der Waals surface area contributed by atoms with Crippen LogP contribution in [0.25, 0.3) is 0 Å². The summed E-state index contributed by atoms with van der Waals surface area (Å²) < 4.78 is 1.80. The van der Waals surface area contributed by atoms with Crippen molar-refractivity contribution < 1.29 is 14.2 Å². The Labute approximate surface area is 133 Å². The van der Waals surface area contributed by atoms with Crippen LogP contribution in [0.4, 0.5) is 5.69 Å². The van der Waals surface area contributed by atoms with E-state index in [1.807, 2.05) is 24.4 Å². The Balaban J connectivity index is 1.90. The van der Waals surface area contributed by atoms with E-state index < -0.39 is 6.04 Å². The molecule has 0 radical (unpaired) electrons. The molecule has 0 saturated heterocycles. The van der Waals surface area contributed by atoms with Gasteiger partial charge in [-0.3, -0.25) is 9.59 Å². The number of hydrogen-bond acceptors (Lipinski definition) is 2. The lowest BCUT2D eigenvalue weighted by Gasteiger charge is -2.28. The van der Waals surface area contributed by atoms with Gasteiger partial charge in [0.2, 0.25) is 12.2 Å². The van der Waals surface area contributed by atoms with Gasteiger partial charge in [-0.2, -0.15) is 4.57 Å².